The predicted molar refractivity (Wildman–Crippen MR) is 161 cm³/mol. The van der Waals surface area contributed by atoms with E-state index in [0.717, 1.165) is 45.1 Å². The molecule has 7 heteroatoms. The van der Waals surface area contributed by atoms with Gasteiger partial charge in [-0.3, -0.25) is 14.1 Å². The zero-order valence-electron chi connectivity index (χ0n) is 22.9. The van der Waals surface area contributed by atoms with Crippen LogP contribution in [-0.4, -0.2) is 19.1 Å². The van der Waals surface area contributed by atoms with E-state index in [9.17, 15) is 0 Å². The van der Waals surface area contributed by atoms with Crippen molar-refractivity contribution in [3.63, 3.8) is 0 Å². The summed E-state index contributed by atoms with van der Waals surface area (Å²) in [5, 5.41) is 0. The van der Waals surface area contributed by atoms with Crippen LogP contribution in [0.2, 0.25) is 0 Å². The van der Waals surface area contributed by atoms with E-state index in [0.29, 0.717) is 0 Å². The summed E-state index contributed by atoms with van der Waals surface area (Å²) < 4.78 is 7.90. The molecule has 0 aliphatic rings. The fraction of sp³-hybridized carbons (Fsp3) is 0. The molecule has 3 heterocycles. The van der Waals surface area contributed by atoms with Crippen LogP contribution in [0, 0.1) is 24.8 Å². The van der Waals surface area contributed by atoms with Crippen molar-refractivity contribution in [2.45, 2.75) is 0 Å². The van der Waals surface area contributed by atoms with Crippen molar-refractivity contribution in [1.29, 1.82) is 0 Å². The molecule has 1 radical (unpaired) electrons. The third-order valence-corrected chi connectivity index (χ3v) is 6.74. The Morgan fingerprint density at radius 1 is 0.512 bits per heavy atom. The number of benzene rings is 5. The minimum atomic E-state index is 0. The van der Waals surface area contributed by atoms with Gasteiger partial charge in [-0.05, 0) is 17.8 Å². The van der Waals surface area contributed by atoms with Crippen LogP contribution in [0.25, 0.3) is 45.1 Å². The third kappa shape index (κ3) is 5.64. The Labute approximate surface area is 263 Å². The number of rotatable bonds is 4. The van der Waals surface area contributed by atoms with Gasteiger partial charge in [-0.25, -0.2) is 0 Å². The van der Waals surface area contributed by atoms with E-state index in [4.69, 9.17) is 0 Å². The molecule has 0 saturated carbocycles. The molecule has 0 amide bonds. The molecule has 0 N–H and O–H groups in total. The van der Waals surface area contributed by atoms with Crippen LogP contribution in [-0.2, 0) is 20.1 Å². The quantitative estimate of drug-likeness (QED) is 0.170. The summed E-state index contributed by atoms with van der Waals surface area (Å²) in [6.07, 6.45) is 10.1. The normalized spacial score (nSPS) is 10.6. The zero-order chi connectivity index (χ0) is 28.1. The molecular formula is C36H24IrN6-2. The largest absolute Gasteiger partial charge is 0.332 e. The SMILES string of the molecule is [Ir].[c-]1ccccc1-n1[c-][n+](-c2ccccc2)c2ccccc21.[c-]1ccccc1-n1[c-][n+](-c2ccccc2)c2nccnc21. The average Bonchev–Trinajstić information content (AvgIpc) is 3.67. The molecule has 209 valence electrons. The summed E-state index contributed by atoms with van der Waals surface area (Å²) in [6.45, 7) is 0. The smallest absolute Gasteiger partial charge is 0.268 e. The maximum absolute atomic E-state index is 4.44. The Kier molecular flexibility index (Phi) is 8.27. The summed E-state index contributed by atoms with van der Waals surface area (Å²) in [4.78, 5) is 8.87. The molecule has 0 bridgehead atoms. The fourth-order valence-electron chi connectivity index (χ4n) is 4.81. The summed E-state index contributed by atoms with van der Waals surface area (Å²) in [7, 11) is 0. The van der Waals surface area contributed by atoms with Gasteiger partial charge in [-0.1, -0.05) is 78.5 Å². The van der Waals surface area contributed by atoms with E-state index >= 15 is 0 Å². The third-order valence-electron chi connectivity index (χ3n) is 6.74. The van der Waals surface area contributed by atoms with Crippen molar-refractivity contribution in [2.24, 2.45) is 0 Å². The number of fused-ring (bicyclic) bond motifs is 2. The van der Waals surface area contributed by atoms with Crippen LogP contribution >= 0.6 is 0 Å². The first-order valence-electron chi connectivity index (χ1n) is 13.5. The Balaban J connectivity index is 0.000000150. The van der Waals surface area contributed by atoms with Gasteiger partial charge < -0.3 is 9.13 Å². The maximum Gasteiger partial charge on any atom is 0.268 e. The second-order valence-electron chi connectivity index (χ2n) is 9.40. The van der Waals surface area contributed by atoms with Gasteiger partial charge in [0, 0.05) is 25.8 Å². The van der Waals surface area contributed by atoms with Gasteiger partial charge >= 0.3 is 0 Å². The Morgan fingerprint density at radius 2 is 1.05 bits per heavy atom. The molecule has 0 saturated heterocycles. The van der Waals surface area contributed by atoms with Crippen molar-refractivity contribution in [1.82, 2.24) is 19.1 Å². The monoisotopic (exact) mass is 733 g/mol. The number of hydrogen-bond acceptors (Lipinski definition) is 2. The van der Waals surface area contributed by atoms with E-state index in [-0.39, 0.29) is 20.1 Å². The van der Waals surface area contributed by atoms with Gasteiger partial charge in [0.2, 0.25) is 5.65 Å². The van der Waals surface area contributed by atoms with Crippen LogP contribution in [0.5, 0.6) is 0 Å². The summed E-state index contributed by atoms with van der Waals surface area (Å²) >= 11 is 0. The van der Waals surface area contributed by atoms with Gasteiger partial charge in [0.05, 0.1) is 22.9 Å². The van der Waals surface area contributed by atoms with Crippen LogP contribution in [0.15, 0.2) is 146 Å². The molecule has 5 aromatic carbocycles. The molecule has 8 aromatic rings. The Hall–Kier alpha value is -5.23. The van der Waals surface area contributed by atoms with E-state index < -0.39 is 0 Å². The van der Waals surface area contributed by atoms with E-state index in [2.05, 4.69) is 69.7 Å². The van der Waals surface area contributed by atoms with E-state index in [1.54, 1.807) is 12.4 Å². The summed E-state index contributed by atoms with van der Waals surface area (Å²) in [6, 6.07) is 50.7. The number of aromatic nitrogens is 6. The van der Waals surface area contributed by atoms with Gasteiger partial charge in [-0.2, -0.15) is 65.6 Å². The zero-order valence-corrected chi connectivity index (χ0v) is 25.3. The van der Waals surface area contributed by atoms with Crippen LogP contribution in [0.1, 0.15) is 0 Å². The van der Waals surface area contributed by atoms with Crippen LogP contribution in [0.4, 0.5) is 0 Å². The first-order chi connectivity index (χ1) is 20.9. The second kappa shape index (κ2) is 12.7. The minimum Gasteiger partial charge on any atom is -0.332 e. The van der Waals surface area contributed by atoms with E-state index in [1.165, 1.54) is 0 Å². The van der Waals surface area contributed by atoms with Crippen molar-refractivity contribution in [2.75, 3.05) is 0 Å². The minimum absolute atomic E-state index is 0. The van der Waals surface area contributed by atoms with Crippen molar-refractivity contribution in [3.05, 3.63) is 171 Å². The molecule has 6 nitrogen and oxygen atoms in total. The summed E-state index contributed by atoms with van der Waals surface area (Å²) in [5.41, 5.74) is 7.73. The van der Waals surface area contributed by atoms with Gasteiger partial charge in [0.25, 0.3) is 6.33 Å². The fourth-order valence-corrected chi connectivity index (χ4v) is 4.81. The number of para-hydroxylation sites is 6. The molecule has 3 aromatic heterocycles. The maximum atomic E-state index is 4.44. The molecule has 0 aliphatic heterocycles. The summed E-state index contributed by atoms with van der Waals surface area (Å²) in [5.74, 6) is 0. The number of nitrogens with zero attached hydrogens (tertiary/aromatic N) is 6. The Morgan fingerprint density at radius 3 is 1.70 bits per heavy atom. The molecule has 0 fully saturated rings. The van der Waals surface area contributed by atoms with Gasteiger partial charge in [0.15, 0.2) is 12.0 Å². The molecule has 0 atom stereocenters. The standard InChI is InChI=1S/C19H13N2.C17H11N4.Ir/c1-3-9-16(10-4-1)20-15-21(17-11-5-2-6-12-17)19-14-8-7-13-18(19)20;1-3-7-14(8-4-1)20-13-21(15-9-5-2-6-10-15)17-16(20)18-11-12-19-17;/h1-11,13-14H;1-9,11-12H;/q2*-1;. The topological polar surface area (TPSA) is 43.4 Å². The predicted octanol–water partition coefficient (Wildman–Crippen LogP) is 5.80. The number of imidazole rings is 2. The van der Waals surface area contributed by atoms with E-state index in [1.807, 2.05) is 117 Å². The first kappa shape index (κ1) is 27.9. The van der Waals surface area contributed by atoms with Gasteiger partial charge in [0.1, 0.15) is 6.20 Å². The van der Waals surface area contributed by atoms with Crippen molar-refractivity contribution < 1.29 is 29.2 Å². The average molecular weight is 733 g/mol. The number of hydrogen-bond donors (Lipinski definition) is 0. The molecule has 0 aliphatic carbocycles. The molecule has 0 unspecified atom stereocenters. The van der Waals surface area contributed by atoms with Crippen LogP contribution in [0.3, 0.4) is 0 Å². The molecule has 0 spiro atoms. The Bertz CT molecular complexity index is 1770. The molecular weight excluding hydrogens is 709 g/mol. The molecule has 8 rings (SSSR count). The molecule has 43 heavy (non-hydrogen) atoms. The van der Waals surface area contributed by atoms with Crippen molar-refractivity contribution in [3.8, 4) is 22.7 Å². The first-order valence-corrected chi connectivity index (χ1v) is 13.5. The second-order valence-corrected chi connectivity index (χ2v) is 9.40. The van der Waals surface area contributed by atoms with Crippen molar-refractivity contribution >= 4 is 22.3 Å². The van der Waals surface area contributed by atoms with Crippen LogP contribution < -0.4 is 9.13 Å². The van der Waals surface area contributed by atoms with Gasteiger partial charge in [-0.15, -0.1) is 0 Å².